The first kappa shape index (κ1) is 19.2. The van der Waals surface area contributed by atoms with Crippen LogP contribution >= 0.6 is 22.7 Å². The van der Waals surface area contributed by atoms with Gasteiger partial charge in [-0.15, -0.1) is 22.7 Å². The minimum atomic E-state index is -0.195. The molecule has 8 nitrogen and oxygen atoms in total. The Morgan fingerprint density at radius 2 is 2.10 bits per heavy atom. The molecule has 0 bridgehead atoms. The lowest BCUT2D eigenvalue weighted by Gasteiger charge is -2.09. The minimum Gasteiger partial charge on any atom is -0.356 e. The van der Waals surface area contributed by atoms with E-state index in [1.165, 1.54) is 16.2 Å². The number of hydrogen-bond acceptors (Lipinski definition) is 9. The molecule has 0 atom stereocenters. The SMILES string of the molecule is Cc1cc(-c2cnc(NCCNC(=O)c3cscn3)nc2-c2ccc(C)s2)on1. The third kappa shape index (κ3) is 4.49. The highest BCUT2D eigenvalue weighted by Crippen LogP contribution is 2.35. The van der Waals surface area contributed by atoms with Gasteiger partial charge in [0.2, 0.25) is 5.95 Å². The van der Waals surface area contributed by atoms with Crippen LogP contribution in [-0.2, 0) is 0 Å². The van der Waals surface area contributed by atoms with E-state index in [4.69, 9.17) is 4.52 Å². The molecule has 4 rings (SSSR count). The molecule has 0 spiro atoms. The Morgan fingerprint density at radius 3 is 2.79 bits per heavy atom. The number of rotatable bonds is 7. The van der Waals surface area contributed by atoms with Crippen molar-refractivity contribution in [1.82, 2.24) is 25.4 Å². The van der Waals surface area contributed by atoms with Crippen molar-refractivity contribution in [3.8, 4) is 21.9 Å². The molecule has 0 aliphatic rings. The predicted octanol–water partition coefficient (Wildman–Crippen LogP) is 3.78. The number of amides is 1. The van der Waals surface area contributed by atoms with Crippen molar-refractivity contribution in [3.63, 3.8) is 0 Å². The molecule has 0 saturated carbocycles. The molecular weight excluding hydrogens is 408 g/mol. The summed E-state index contributed by atoms with van der Waals surface area (Å²) >= 11 is 3.04. The van der Waals surface area contributed by atoms with Crippen molar-refractivity contribution < 1.29 is 9.32 Å². The van der Waals surface area contributed by atoms with Crippen molar-refractivity contribution in [1.29, 1.82) is 0 Å². The molecule has 4 heterocycles. The first-order valence-corrected chi connectivity index (χ1v) is 10.6. The monoisotopic (exact) mass is 426 g/mol. The number of carbonyl (C=O) groups is 1. The van der Waals surface area contributed by atoms with E-state index in [1.54, 1.807) is 28.4 Å². The fourth-order valence-corrected chi connectivity index (χ4v) is 4.06. The number of aryl methyl sites for hydroxylation is 2. The van der Waals surface area contributed by atoms with Crippen LogP contribution in [0.3, 0.4) is 0 Å². The lowest BCUT2D eigenvalue weighted by molar-refractivity contribution is 0.0951. The molecule has 4 aromatic rings. The molecule has 0 fully saturated rings. The number of aromatic nitrogens is 4. The summed E-state index contributed by atoms with van der Waals surface area (Å²) in [7, 11) is 0. The van der Waals surface area contributed by atoms with E-state index in [0.717, 1.165) is 21.8 Å². The van der Waals surface area contributed by atoms with Gasteiger partial charge in [0.1, 0.15) is 5.69 Å². The van der Waals surface area contributed by atoms with Gasteiger partial charge in [-0.05, 0) is 26.0 Å². The number of hydrogen-bond donors (Lipinski definition) is 2. The van der Waals surface area contributed by atoms with Crippen molar-refractivity contribution >= 4 is 34.5 Å². The zero-order valence-corrected chi connectivity index (χ0v) is 17.4. The molecule has 0 saturated heterocycles. The molecule has 2 N–H and O–H groups in total. The summed E-state index contributed by atoms with van der Waals surface area (Å²) in [5.74, 6) is 0.916. The molecule has 0 aromatic carbocycles. The summed E-state index contributed by atoms with van der Waals surface area (Å²) in [6.45, 7) is 4.84. The fraction of sp³-hybridized carbons (Fsp3) is 0.211. The van der Waals surface area contributed by atoms with Crippen LogP contribution in [0.25, 0.3) is 21.9 Å². The summed E-state index contributed by atoms with van der Waals surface area (Å²) < 4.78 is 5.42. The maximum Gasteiger partial charge on any atom is 0.270 e. The van der Waals surface area contributed by atoms with Gasteiger partial charge in [-0.2, -0.15) is 0 Å². The van der Waals surface area contributed by atoms with Gasteiger partial charge in [0, 0.05) is 35.6 Å². The molecule has 4 aromatic heterocycles. The van der Waals surface area contributed by atoms with E-state index in [-0.39, 0.29) is 5.91 Å². The average molecular weight is 427 g/mol. The second kappa shape index (κ2) is 8.50. The number of thiophene rings is 1. The second-order valence-corrected chi connectivity index (χ2v) is 8.26. The predicted molar refractivity (Wildman–Crippen MR) is 113 cm³/mol. The first-order valence-electron chi connectivity index (χ1n) is 8.88. The second-order valence-electron chi connectivity index (χ2n) is 6.26. The maximum atomic E-state index is 11.9. The Balaban J connectivity index is 1.49. The normalized spacial score (nSPS) is 10.8. The van der Waals surface area contributed by atoms with Crippen LogP contribution in [0.5, 0.6) is 0 Å². The summed E-state index contributed by atoms with van der Waals surface area (Å²) in [5.41, 5.74) is 4.42. The van der Waals surface area contributed by atoms with E-state index in [0.29, 0.717) is 30.5 Å². The standard InChI is InChI=1S/C19H18N6O2S2/c1-11-7-15(27-25-11)13-8-22-19(24-17(13)16-4-3-12(2)29-16)21-6-5-20-18(26)14-9-28-10-23-14/h3-4,7-10H,5-6H2,1-2H3,(H,20,26)(H,21,22,24). The highest BCUT2D eigenvalue weighted by Gasteiger charge is 2.16. The van der Waals surface area contributed by atoms with Gasteiger partial charge in [0.25, 0.3) is 5.91 Å². The van der Waals surface area contributed by atoms with Gasteiger partial charge in [0.15, 0.2) is 5.76 Å². The summed E-state index contributed by atoms with van der Waals surface area (Å²) in [6, 6.07) is 5.95. The maximum absolute atomic E-state index is 11.9. The fourth-order valence-electron chi connectivity index (χ4n) is 2.65. The Bertz CT molecular complexity index is 1120. The van der Waals surface area contributed by atoms with Crippen LogP contribution in [0, 0.1) is 13.8 Å². The summed E-state index contributed by atoms with van der Waals surface area (Å²) in [6.07, 6.45) is 1.73. The smallest absolute Gasteiger partial charge is 0.270 e. The van der Waals surface area contributed by atoms with Crippen LogP contribution in [0.1, 0.15) is 21.1 Å². The third-order valence-electron chi connectivity index (χ3n) is 4.01. The summed E-state index contributed by atoms with van der Waals surface area (Å²) in [4.78, 5) is 27.2. The molecule has 0 unspecified atom stereocenters. The molecular formula is C19H18N6O2S2. The van der Waals surface area contributed by atoms with Gasteiger partial charge in [-0.3, -0.25) is 4.79 Å². The number of nitrogens with one attached hydrogen (secondary N) is 2. The highest BCUT2D eigenvalue weighted by molar-refractivity contribution is 7.15. The number of nitrogens with zero attached hydrogens (tertiary/aromatic N) is 4. The van der Waals surface area contributed by atoms with Crippen LogP contribution in [0.15, 0.2) is 39.8 Å². The van der Waals surface area contributed by atoms with E-state index < -0.39 is 0 Å². The van der Waals surface area contributed by atoms with Crippen LogP contribution in [-0.4, -0.2) is 39.1 Å². The van der Waals surface area contributed by atoms with Crippen molar-refractivity contribution in [2.75, 3.05) is 18.4 Å². The third-order valence-corrected chi connectivity index (χ3v) is 5.61. The van der Waals surface area contributed by atoms with Gasteiger partial charge in [-0.25, -0.2) is 15.0 Å². The van der Waals surface area contributed by atoms with Crippen LogP contribution in [0.2, 0.25) is 0 Å². The van der Waals surface area contributed by atoms with E-state index in [2.05, 4.69) is 43.7 Å². The molecule has 1 amide bonds. The quantitative estimate of drug-likeness (QED) is 0.433. The molecule has 148 valence electrons. The van der Waals surface area contributed by atoms with E-state index >= 15 is 0 Å². The lowest BCUT2D eigenvalue weighted by Crippen LogP contribution is -2.29. The largest absolute Gasteiger partial charge is 0.356 e. The Morgan fingerprint density at radius 1 is 1.21 bits per heavy atom. The lowest BCUT2D eigenvalue weighted by atomic mass is 10.1. The first-order chi connectivity index (χ1) is 14.1. The Labute approximate surface area is 175 Å². The Hall–Kier alpha value is -3.11. The molecule has 0 aliphatic carbocycles. The molecule has 29 heavy (non-hydrogen) atoms. The number of anilines is 1. The number of thiazole rings is 1. The summed E-state index contributed by atoms with van der Waals surface area (Å²) in [5, 5.41) is 11.6. The number of carbonyl (C=O) groups excluding carboxylic acids is 1. The molecule has 10 heteroatoms. The highest BCUT2D eigenvalue weighted by atomic mass is 32.1. The molecule has 0 aliphatic heterocycles. The van der Waals surface area contributed by atoms with Crippen LogP contribution in [0.4, 0.5) is 5.95 Å². The average Bonchev–Trinajstić information content (AvgIpc) is 3.47. The minimum absolute atomic E-state index is 0.195. The van der Waals surface area contributed by atoms with Gasteiger partial charge in [-0.1, -0.05) is 5.16 Å². The van der Waals surface area contributed by atoms with Gasteiger partial charge < -0.3 is 15.2 Å². The van der Waals surface area contributed by atoms with Crippen LogP contribution < -0.4 is 10.6 Å². The van der Waals surface area contributed by atoms with E-state index in [1.807, 2.05) is 19.1 Å². The van der Waals surface area contributed by atoms with Gasteiger partial charge >= 0.3 is 0 Å². The molecule has 0 radical (unpaired) electrons. The van der Waals surface area contributed by atoms with E-state index in [9.17, 15) is 4.79 Å². The Kier molecular flexibility index (Phi) is 5.63. The van der Waals surface area contributed by atoms with Crippen molar-refractivity contribution in [3.05, 3.63) is 51.6 Å². The van der Waals surface area contributed by atoms with Crippen molar-refractivity contribution in [2.45, 2.75) is 13.8 Å². The van der Waals surface area contributed by atoms with Gasteiger partial charge in [0.05, 0.1) is 27.3 Å². The topological polar surface area (TPSA) is 106 Å². The van der Waals surface area contributed by atoms with Crippen molar-refractivity contribution in [2.24, 2.45) is 0 Å². The zero-order chi connectivity index (χ0) is 20.2. The zero-order valence-electron chi connectivity index (χ0n) is 15.8.